The molecule has 1 amide bonds. The molecular formula is C15H22N2O2. The van der Waals surface area contributed by atoms with Crippen LogP contribution in [0.15, 0.2) is 24.3 Å². The summed E-state index contributed by atoms with van der Waals surface area (Å²) in [6.45, 7) is 4.91. The second-order valence-corrected chi connectivity index (χ2v) is 5.34. The van der Waals surface area contributed by atoms with Gasteiger partial charge in [-0.05, 0) is 38.0 Å². The molecule has 4 heteroatoms. The summed E-state index contributed by atoms with van der Waals surface area (Å²) in [5.41, 5.74) is 2.24. The van der Waals surface area contributed by atoms with Crippen molar-refractivity contribution in [3.63, 3.8) is 0 Å². The van der Waals surface area contributed by atoms with Crippen molar-refractivity contribution in [1.82, 2.24) is 4.90 Å². The molecule has 2 unspecified atom stereocenters. The fourth-order valence-electron chi connectivity index (χ4n) is 2.86. The number of likely N-dealkylation sites (N-methyl/N-ethyl adjacent to an activating group) is 1. The Balaban J connectivity index is 2.36. The van der Waals surface area contributed by atoms with Crippen LogP contribution in [0.5, 0.6) is 0 Å². The molecule has 104 valence electrons. The zero-order chi connectivity index (χ0) is 14.0. The number of amides is 1. The van der Waals surface area contributed by atoms with Crippen LogP contribution in [0, 0.1) is 6.92 Å². The quantitative estimate of drug-likeness (QED) is 0.896. The molecule has 1 saturated heterocycles. The topological polar surface area (TPSA) is 43.8 Å². The summed E-state index contributed by atoms with van der Waals surface area (Å²) in [7, 11) is 1.83. The van der Waals surface area contributed by atoms with Gasteiger partial charge in [-0.3, -0.25) is 4.79 Å². The molecule has 1 N–H and O–H groups in total. The Hall–Kier alpha value is -1.55. The fraction of sp³-hybridized carbons (Fsp3) is 0.533. The van der Waals surface area contributed by atoms with E-state index in [0.717, 1.165) is 5.69 Å². The molecule has 1 aliphatic heterocycles. The van der Waals surface area contributed by atoms with Gasteiger partial charge in [0, 0.05) is 31.9 Å². The molecule has 0 saturated carbocycles. The number of rotatable bonds is 3. The van der Waals surface area contributed by atoms with Crippen molar-refractivity contribution >= 4 is 11.6 Å². The molecule has 1 aliphatic rings. The molecule has 2 rings (SSSR count). The summed E-state index contributed by atoms with van der Waals surface area (Å²) in [4.78, 5) is 16.2. The van der Waals surface area contributed by atoms with Gasteiger partial charge in [-0.15, -0.1) is 0 Å². The number of carbonyl (C=O) groups excluding carboxylic acids is 1. The van der Waals surface area contributed by atoms with E-state index in [1.165, 1.54) is 5.56 Å². The minimum Gasteiger partial charge on any atom is -0.396 e. The van der Waals surface area contributed by atoms with Crippen molar-refractivity contribution in [2.75, 3.05) is 25.1 Å². The van der Waals surface area contributed by atoms with Crippen molar-refractivity contribution in [3.05, 3.63) is 29.8 Å². The SMILES string of the molecule is Cc1cccc(N2C(C)CN(C)C(=O)C2CCO)c1. The molecule has 0 aromatic heterocycles. The second kappa shape index (κ2) is 5.61. The number of piperazine rings is 1. The lowest BCUT2D eigenvalue weighted by atomic mass is 10.0. The van der Waals surface area contributed by atoms with Gasteiger partial charge >= 0.3 is 0 Å². The largest absolute Gasteiger partial charge is 0.396 e. The number of nitrogens with zero attached hydrogens (tertiary/aromatic N) is 2. The molecule has 1 heterocycles. The van der Waals surface area contributed by atoms with Crippen LogP contribution in [0.1, 0.15) is 18.9 Å². The first-order valence-corrected chi connectivity index (χ1v) is 6.75. The van der Waals surface area contributed by atoms with E-state index in [2.05, 4.69) is 17.9 Å². The zero-order valence-electron chi connectivity index (χ0n) is 11.8. The van der Waals surface area contributed by atoms with Gasteiger partial charge in [0.2, 0.25) is 5.91 Å². The molecule has 19 heavy (non-hydrogen) atoms. The van der Waals surface area contributed by atoms with Crippen molar-refractivity contribution in [3.8, 4) is 0 Å². The molecule has 4 nitrogen and oxygen atoms in total. The highest BCUT2D eigenvalue weighted by molar-refractivity contribution is 5.86. The van der Waals surface area contributed by atoms with Crippen LogP contribution in [0.4, 0.5) is 5.69 Å². The Bertz CT molecular complexity index is 461. The first-order chi connectivity index (χ1) is 9.04. The van der Waals surface area contributed by atoms with Crippen LogP contribution >= 0.6 is 0 Å². The molecule has 1 fully saturated rings. The van der Waals surface area contributed by atoms with E-state index in [4.69, 9.17) is 0 Å². The highest BCUT2D eigenvalue weighted by Gasteiger charge is 2.36. The lowest BCUT2D eigenvalue weighted by molar-refractivity contribution is -0.134. The minimum absolute atomic E-state index is 0.0271. The monoisotopic (exact) mass is 262 g/mol. The van der Waals surface area contributed by atoms with Gasteiger partial charge in [0.25, 0.3) is 0 Å². The lowest BCUT2D eigenvalue weighted by Crippen LogP contribution is -2.60. The third kappa shape index (κ3) is 2.73. The predicted molar refractivity (Wildman–Crippen MR) is 76.2 cm³/mol. The van der Waals surface area contributed by atoms with E-state index >= 15 is 0 Å². The Morgan fingerprint density at radius 3 is 2.79 bits per heavy atom. The van der Waals surface area contributed by atoms with Crippen LogP contribution in [0.25, 0.3) is 0 Å². The highest BCUT2D eigenvalue weighted by Crippen LogP contribution is 2.27. The van der Waals surface area contributed by atoms with Crippen molar-refractivity contribution < 1.29 is 9.90 Å². The van der Waals surface area contributed by atoms with E-state index < -0.39 is 0 Å². The number of anilines is 1. The van der Waals surface area contributed by atoms with Crippen LogP contribution in [0.3, 0.4) is 0 Å². The van der Waals surface area contributed by atoms with Gasteiger partial charge in [-0.1, -0.05) is 12.1 Å². The summed E-state index contributed by atoms with van der Waals surface area (Å²) < 4.78 is 0. The van der Waals surface area contributed by atoms with Crippen molar-refractivity contribution in [2.24, 2.45) is 0 Å². The Kier molecular flexibility index (Phi) is 4.10. The Morgan fingerprint density at radius 2 is 2.16 bits per heavy atom. The summed E-state index contributed by atoms with van der Waals surface area (Å²) in [5, 5.41) is 9.23. The smallest absolute Gasteiger partial charge is 0.245 e. The summed E-state index contributed by atoms with van der Waals surface area (Å²) >= 11 is 0. The molecule has 0 spiro atoms. The standard InChI is InChI=1S/C15H22N2O2/c1-11-5-4-6-13(9-11)17-12(2)10-16(3)15(19)14(17)7-8-18/h4-6,9,12,14,18H,7-8,10H2,1-3H3. The third-order valence-corrected chi connectivity index (χ3v) is 3.71. The van der Waals surface area contributed by atoms with E-state index in [-0.39, 0.29) is 24.6 Å². The van der Waals surface area contributed by atoms with Crippen LogP contribution < -0.4 is 4.90 Å². The predicted octanol–water partition coefficient (Wildman–Crippen LogP) is 1.41. The average molecular weight is 262 g/mol. The lowest BCUT2D eigenvalue weighted by Gasteiger charge is -2.45. The number of hydrogen-bond acceptors (Lipinski definition) is 3. The third-order valence-electron chi connectivity index (χ3n) is 3.71. The number of benzene rings is 1. The maximum Gasteiger partial charge on any atom is 0.245 e. The molecule has 0 radical (unpaired) electrons. The Morgan fingerprint density at radius 1 is 1.42 bits per heavy atom. The van der Waals surface area contributed by atoms with Crippen molar-refractivity contribution in [1.29, 1.82) is 0 Å². The summed E-state index contributed by atoms with van der Waals surface area (Å²) in [5.74, 6) is 0.0913. The number of hydrogen-bond donors (Lipinski definition) is 1. The van der Waals surface area contributed by atoms with Gasteiger partial charge in [0.05, 0.1) is 0 Å². The number of aliphatic hydroxyl groups is 1. The van der Waals surface area contributed by atoms with E-state index in [9.17, 15) is 9.90 Å². The van der Waals surface area contributed by atoms with Crippen LogP contribution in [-0.2, 0) is 4.79 Å². The molecular weight excluding hydrogens is 240 g/mol. The van der Waals surface area contributed by atoms with E-state index in [1.54, 1.807) is 4.90 Å². The van der Waals surface area contributed by atoms with Gasteiger partial charge in [-0.25, -0.2) is 0 Å². The van der Waals surface area contributed by atoms with Crippen LogP contribution in [-0.4, -0.2) is 48.2 Å². The number of carbonyl (C=O) groups is 1. The Labute approximate surface area is 114 Å². The van der Waals surface area contributed by atoms with Gasteiger partial charge in [0.15, 0.2) is 0 Å². The molecule has 0 bridgehead atoms. The normalized spacial score (nSPS) is 23.9. The second-order valence-electron chi connectivity index (χ2n) is 5.34. The average Bonchev–Trinajstić information content (AvgIpc) is 2.36. The van der Waals surface area contributed by atoms with E-state index in [0.29, 0.717) is 13.0 Å². The van der Waals surface area contributed by atoms with E-state index in [1.807, 2.05) is 32.2 Å². The molecule has 0 aliphatic carbocycles. The maximum absolute atomic E-state index is 12.3. The molecule has 2 atom stereocenters. The summed E-state index contributed by atoms with van der Waals surface area (Å²) in [6.07, 6.45) is 0.474. The van der Waals surface area contributed by atoms with Gasteiger partial charge in [-0.2, -0.15) is 0 Å². The fourth-order valence-corrected chi connectivity index (χ4v) is 2.86. The van der Waals surface area contributed by atoms with Gasteiger partial charge < -0.3 is 14.9 Å². The first kappa shape index (κ1) is 13.9. The minimum atomic E-state index is -0.263. The first-order valence-electron chi connectivity index (χ1n) is 6.75. The highest BCUT2D eigenvalue weighted by atomic mass is 16.3. The number of aryl methyl sites for hydroxylation is 1. The van der Waals surface area contributed by atoms with Crippen molar-refractivity contribution in [2.45, 2.75) is 32.4 Å². The number of aliphatic hydroxyl groups excluding tert-OH is 1. The molecule has 1 aromatic carbocycles. The zero-order valence-corrected chi connectivity index (χ0v) is 11.8. The molecule has 1 aromatic rings. The van der Waals surface area contributed by atoms with Gasteiger partial charge in [0.1, 0.15) is 6.04 Å². The summed E-state index contributed by atoms with van der Waals surface area (Å²) in [6, 6.07) is 8.18. The van der Waals surface area contributed by atoms with Crippen LogP contribution in [0.2, 0.25) is 0 Å². The maximum atomic E-state index is 12.3.